The summed E-state index contributed by atoms with van der Waals surface area (Å²) in [5.41, 5.74) is 0. The first-order valence-electron chi connectivity index (χ1n) is 15.9. The van der Waals surface area contributed by atoms with E-state index >= 15 is 0 Å². The summed E-state index contributed by atoms with van der Waals surface area (Å²) >= 11 is 0. The van der Waals surface area contributed by atoms with Crippen LogP contribution in [0.2, 0.25) is 0 Å². The Kier molecular flexibility index (Phi) is 23.7. The maximum atomic E-state index is 2.57. The molecular formula is C33H68. The lowest BCUT2D eigenvalue weighted by Gasteiger charge is -2.30. The van der Waals surface area contributed by atoms with Crippen LogP contribution in [0.15, 0.2) is 0 Å². The summed E-state index contributed by atoms with van der Waals surface area (Å²) in [5, 5.41) is 0. The Bertz CT molecular complexity index is 370. The van der Waals surface area contributed by atoms with E-state index in [4.69, 9.17) is 0 Å². The van der Waals surface area contributed by atoms with Crippen molar-refractivity contribution in [1.82, 2.24) is 0 Å². The molecular weight excluding hydrogens is 396 g/mol. The summed E-state index contributed by atoms with van der Waals surface area (Å²) in [7, 11) is 0. The van der Waals surface area contributed by atoms with Crippen LogP contribution >= 0.6 is 0 Å². The zero-order valence-corrected chi connectivity index (χ0v) is 24.7. The molecule has 33 heavy (non-hydrogen) atoms. The van der Waals surface area contributed by atoms with Crippen LogP contribution < -0.4 is 0 Å². The van der Waals surface area contributed by atoms with Crippen molar-refractivity contribution in [3.8, 4) is 0 Å². The van der Waals surface area contributed by atoms with Crippen molar-refractivity contribution in [2.24, 2.45) is 29.6 Å². The van der Waals surface area contributed by atoms with E-state index in [2.05, 4.69) is 48.5 Å². The summed E-state index contributed by atoms with van der Waals surface area (Å²) in [5.74, 6) is 4.55. The second-order valence-corrected chi connectivity index (χ2v) is 12.4. The molecule has 0 spiro atoms. The van der Waals surface area contributed by atoms with Gasteiger partial charge in [-0.15, -0.1) is 0 Å². The quantitative estimate of drug-likeness (QED) is 0.118. The predicted molar refractivity (Wildman–Crippen MR) is 154 cm³/mol. The Balaban J connectivity index is 3.80. The highest BCUT2D eigenvalue weighted by Crippen LogP contribution is 2.33. The molecule has 0 amide bonds. The van der Waals surface area contributed by atoms with Gasteiger partial charge >= 0.3 is 0 Å². The van der Waals surface area contributed by atoms with E-state index in [1.165, 1.54) is 135 Å². The van der Waals surface area contributed by atoms with Crippen LogP contribution in [0.3, 0.4) is 0 Å². The van der Waals surface area contributed by atoms with Crippen molar-refractivity contribution >= 4 is 0 Å². The van der Waals surface area contributed by atoms with Gasteiger partial charge in [0.2, 0.25) is 0 Å². The highest BCUT2D eigenvalue weighted by molar-refractivity contribution is 4.73. The van der Waals surface area contributed by atoms with Gasteiger partial charge in [0, 0.05) is 0 Å². The molecule has 0 aliphatic carbocycles. The van der Waals surface area contributed by atoms with Gasteiger partial charge in [-0.25, -0.2) is 0 Å². The Hall–Kier alpha value is 0. The molecule has 0 aromatic carbocycles. The molecule has 200 valence electrons. The zero-order chi connectivity index (χ0) is 24.7. The molecule has 4 atom stereocenters. The minimum atomic E-state index is 0.871. The standard InChI is InChI=1S/C33H68/c1-8-10-11-12-13-14-15-16-17-18-19-20-21-22-26-32(7)33(31(6)9-2)28-27-30(5)25-23-24-29(3)4/h29-33H,8-28H2,1-7H3. The molecule has 0 saturated heterocycles. The normalized spacial score (nSPS) is 15.6. The van der Waals surface area contributed by atoms with Gasteiger partial charge in [0.25, 0.3) is 0 Å². The van der Waals surface area contributed by atoms with Gasteiger partial charge in [0.1, 0.15) is 0 Å². The Morgan fingerprint density at radius 2 is 0.879 bits per heavy atom. The molecule has 0 rings (SSSR count). The second-order valence-electron chi connectivity index (χ2n) is 12.4. The molecule has 0 aromatic rings. The topological polar surface area (TPSA) is 0 Å². The minimum Gasteiger partial charge on any atom is -0.0654 e. The van der Waals surface area contributed by atoms with E-state index in [-0.39, 0.29) is 0 Å². The average Bonchev–Trinajstić information content (AvgIpc) is 2.78. The first kappa shape index (κ1) is 33.0. The van der Waals surface area contributed by atoms with Crippen LogP contribution in [0.5, 0.6) is 0 Å². The van der Waals surface area contributed by atoms with Crippen LogP contribution in [-0.4, -0.2) is 0 Å². The van der Waals surface area contributed by atoms with Gasteiger partial charge in [-0.1, -0.05) is 177 Å². The van der Waals surface area contributed by atoms with Crippen LogP contribution in [0.25, 0.3) is 0 Å². The van der Waals surface area contributed by atoms with Crippen molar-refractivity contribution < 1.29 is 0 Å². The van der Waals surface area contributed by atoms with Crippen LogP contribution in [0.1, 0.15) is 183 Å². The summed E-state index contributed by atoms with van der Waals surface area (Å²) in [4.78, 5) is 0. The number of rotatable bonds is 25. The molecule has 0 N–H and O–H groups in total. The minimum absolute atomic E-state index is 0.871. The fraction of sp³-hybridized carbons (Fsp3) is 1.00. The van der Waals surface area contributed by atoms with Crippen LogP contribution in [-0.2, 0) is 0 Å². The lowest BCUT2D eigenvalue weighted by atomic mass is 9.75. The lowest BCUT2D eigenvalue weighted by molar-refractivity contribution is 0.203. The molecule has 0 heteroatoms. The van der Waals surface area contributed by atoms with E-state index in [0.717, 1.165) is 29.6 Å². The molecule has 0 fully saturated rings. The third kappa shape index (κ3) is 21.0. The molecule has 0 aromatic heterocycles. The largest absolute Gasteiger partial charge is 0.0654 e. The molecule has 0 aliphatic rings. The Labute approximate surface area is 212 Å². The van der Waals surface area contributed by atoms with E-state index in [9.17, 15) is 0 Å². The molecule has 0 aliphatic heterocycles. The average molecular weight is 465 g/mol. The van der Waals surface area contributed by atoms with E-state index in [0.29, 0.717) is 0 Å². The number of unbranched alkanes of at least 4 members (excludes halogenated alkanes) is 13. The van der Waals surface area contributed by atoms with Gasteiger partial charge in [-0.2, -0.15) is 0 Å². The van der Waals surface area contributed by atoms with Gasteiger partial charge in [-0.3, -0.25) is 0 Å². The summed E-state index contributed by atoms with van der Waals surface area (Å²) in [6.45, 7) is 17.0. The maximum absolute atomic E-state index is 2.57. The van der Waals surface area contributed by atoms with Gasteiger partial charge in [-0.05, 0) is 36.0 Å². The van der Waals surface area contributed by atoms with Crippen molar-refractivity contribution in [2.45, 2.75) is 183 Å². The monoisotopic (exact) mass is 465 g/mol. The van der Waals surface area contributed by atoms with Crippen molar-refractivity contribution in [2.75, 3.05) is 0 Å². The zero-order valence-electron chi connectivity index (χ0n) is 24.7. The van der Waals surface area contributed by atoms with Gasteiger partial charge < -0.3 is 0 Å². The highest BCUT2D eigenvalue weighted by atomic mass is 14.3. The highest BCUT2D eigenvalue weighted by Gasteiger charge is 2.22. The summed E-state index contributed by atoms with van der Waals surface area (Å²) in [6, 6.07) is 0. The molecule has 0 nitrogen and oxygen atoms in total. The van der Waals surface area contributed by atoms with Gasteiger partial charge in [0.05, 0.1) is 0 Å². The molecule has 0 radical (unpaired) electrons. The van der Waals surface area contributed by atoms with E-state index in [1.54, 1.807) is 0 Å². The molecule has 4 unspecified atom stereocenters. The fourth-order valence-electron chi connectivity index (χ4n) is 5.80. The summed E-state index contributed by atoms with van der Waals surface area (Å²) < 4.78 is 0. The first-order valence-corrected chi connectivity index (χ1v) is 15.9. The Morgan fingerprint density at radius 1 is 0.394 bits per heavy atom. The van der Waals surface area contributed by atoms with E-state index in [1.807, 2.05) is 0 Å². The SMILES string of the molecule is CCCCCCCCCCCCCCCCC(C)C(CCC(C)CCCC(C)C)C(C)CC. The lowest BCUT2D eigenvalue weighted by Crippen LogP contribution is -2.20. The third-order valence-electron chi connectivity index (χ3n) is 8.59. The fourth-order valence-corrected chi connectivity index (χ4v) is 5.80. The smallest absolute Gasteiger partial charge is 0.0363 e. The predicted octanol–water partition coefficient (Wildman–Crippen LogP) is 12.4. The molecule has 0 bridgehead atoms. The van der Waals surface area contributed by atoms with Gasteiger partial charge in [0.15, 0.2) is 0 Å². The van der Waals surface area contributed by atoms with E-state index < -0.39 is 0 Å². The van der Waals surface area contributed by atoms with Crippen LogP contribution in [0.4, 0.5) is 0 Å². The van der Waals surface area contributed by atoms with Crippen LogP contribution in [0, 0.1) is 29.6 Å². The number of hydrogen-bond donors (Lipinski definition) is 0. The summed E-state index contributed by atoms with van der Waals surface area (Å²) in [6.07, 6.45) is 30.6. The van der Waals surface area contributed by atoms with Crippen molar-refractivity contribution in [1.29, 1.82) is 0 Å². The maximum Gasteiger partial charge on any atom is -0.0363 e. The molecule has 0 heterocycles. The Morgan fingerprint density at radius 3 is 1.33 bits per heavy atom. The van der Waals surface area contributed by atoms with Crippen molar-refractivity contribution in [3.05, 3.63) is 0 Å². The second kappa shape index (κ2) is 23.7. The third-order valence-corrected chi connectivity index (χ3v) is 8.59. The van der Waals surface area contributed by atoms with Crippen molar-refractivity contribution in [3.63, 3.8) is 0 Å². The first-order chi connectivity index (χ1) is 15.9. The number of hydrogen-bond acceptors (Lipinski definition) is 0. The molecule has 0 saturated carbocycles.